The van der Waals surface area contributed by atoms with Crippen LogP contribution < -0.4 is 10.2 Å². The Labute approximate surface area is 176 Å². The second-order valence-electron chi connectivity index (χ2n) is 8.44. The van der Waals surface area contributed by atoms with Gasteiger partial charge in [0.1, 0.15) is 5.69 Å². The molecule has 0 radical (unpaired) electrons. The molecule has 3 aliphatic rings. The number of nitro benzene ring substituents is 1. The summed E-state index contributed by atoms with van der Waals surface area (Å²) in [6, 6.07) is 4.93. The van der Waals surface area contributed by atoms with Gasteiger partial charge in [0.05, 0.1) is 11.0 Å². The van der Waals surface area contributed by atoms with E-state index < -0.39 is 4.92 Å². The summed E-state index contributed by atoms with van der Waals surface area (Å²) in [4.78, 5) is 42.3. The number of amides is 2. The molecule has 2 aliphatic heterocycles. The number of hydrogen-bond donors (Lipinski definition) is 1. The number of hydrogen-bond acceptors (Lipinski definition) is 6. The van der Waals surface area contributed by atoms with Crippen LogP contribution in [0.25, 0.3) is 0 Å². The fraction of sp³-hybridized carbons (Fsp3) is 0.619. The van der Waals surface area contributed by atoms with Crippen molar-refractivity contribution in [3.8, 4) is 0 Å². The van der Waals surface area contributed by atoms with Gasteiger partial charge in [0, 0.05) is 56.9 Å². The molecule has 0 aromatic heterocycles. The monoisotopic (exact) mass is 415 g/mol. The first kappa shape index (κ1) is 20.6. The van der Waals surface area contributed by atoms with Gasteiger partial charge in [0.15, 0.2) is 0 Å². The minimum atomic E-state index is -0.400. The molecule has 2 amide bonds. The molecular formula is C21H29N5O4. The van der Waals surface area contributed by atoms with E-state index in [2.05, 4.69) is 10.2 Å². The van der Waals surface area contributed by atoms with E-state index in [0.717, 1.165) is 38.8 Å². The largest absolute Gasteiger partial charge is 0.366 e. The minimum Gasteiger partial charge on any atom is -0.366 e. The number of rotatable bonds is 6. The summed E-state index contributed by atoms with van der Waals surface area (Å²) in [5.74, 6) is -0.147. The third-order valence-corrected chi connectivity index (χ3v) is 6.32. The molecule has 0 bridgehead atoms. The number of nitro groups is 1. The summed E-state index contributed by atoms with van der Waals surface area (Å²) in [6.07, 6.45) is 4.17. The van der Waals surface area contributed by atoms with E-state index in [0.29, 0.717) is 43.5 Å². The zero-order chi connectivity index (χ0) is 21.3. The standard InChI is InChI=1S/C21H29N5O4/c1-15(20(27)22-17-5-6-17)23-10-12-25(13-11-23)21(28)16-4-7-18(19(14-16)26(29)30)24-8-2-3-9-24/h4,7,14-15,17H,2-3,5-6,8-13H2,1H3,(H,22,27). The molecule has 30 heavy (non-hydrogen) atoms. The van der Waals surface area contributed by atoms with Crippen LogP contribution in [0, 0.1) is 10.1 Å². The van der Waals surface area contributed by atoms with Gasteiger partial charge in [-0.15, -0.1) is 0 Å². The Balaban J connectivity index is 1.39. The van der Waals surface area contributed by atoms with Crippen molar-refractivity contribution in [2.45, 2.75) is 44.7 Å². The van der Waals surface area contributed by atoms with E-state index in [4.69, 9.17) is 0 Å². The highest BCUT2D eigenvalue weighted by Crippen LogP contribution is 2.32. The summed E-state index contributed by atoms with van der Waals surface area (Å²) in [6.45, 7) is 5.74. The van der Waals surface area contributed by atoms with Gasteiger partial charge in [-0.3, -0.25) is 24.6 Å². The number of benzene rings is 1. The summed E-state index contributed by atoms with van der Waals surface area (Å²) in [5.41, 5.74) is 0.929. The zero-order valence-corrected chi connectivity index (χ0v) is 17.4. The lowest BCUT2D eigenvalue weighted by molar-refractivity contribution is -0.384. The molecule has 4 rings (SSSR count). The van der Waals surface area contributed by atoms with E-state index in [1.165, 1.54) is 6.07 Å². The Hall–Kier alpha value is -2.68. The quantitative estimate of drug-likeness (QED) is 0.560. The van der Waals surface area contributed by atoms with Crippen molar-refractivity contribution in [1.29, 1.82) is 0 Å². The van der Waals surface area contributed by atoms with Crippen molar-refractivity contribution in [2.75, 3.05) is 44.2 Å². The van der Waals surface area contributed by atoms with Crippen LogP contribution in [-0.2, 0) is 4.79 Å². The van der Waals surface area contributed by atoms with Gasteiger partial charge in [0.25, 0.3) is 11.6 Å². The first-order valence-corrected chi connectivity index (χ1v) is 10.8. The second-order valence-corrected chi connectivity index (χ2v) is 8.44. The molecule has 1 aromatic carbocycles. The molecule has 1 unspecified atom stereocenters. The van der Waals surface area contributed by atoms with Crippen molar-refractivity contribution in [3.05, 3.63) is 33.9 Å². The smallest absolute Gasteiger partial charge is 0.293 e. The summed E-state index contributed by atoms with van der Waals surface area (Å²) >= 11 is 0. The lowest BCUT2D eigenvalue weighted by atomic mass is 10.1. The molecule has 1 aliphatic carbocycles. The molecule has 1 atom stereocenters. The van der Waals surface area contributed by atoms with Crippen molar-refractivity contribution in [2.24, 2.45) is 0 Å². The molecule has 9 heteroatoms. The SMILES string of the molecule is CC(C(=O)NC1CC1)N1CCN(C(=O)c2ccc(N3CCCC3)c([N+](=O)[O-])c2)CC1. The Morgan fingerprint density at radius 2 is 1.77 bits per heavy atom. The average molecular weight is 415 g/mol. The normalized spacial score (nSPS) is 20.8. The molecule has 1 aromatic rings. The van der Waals surface area contributed by atoms with Crippen molar-refractivity contribution in [1.82, 2.24) is 15.1 Å². The molecule has 9 nitrogen and oxygen atoms in total. The molecule has 1 saturated carbocycles. The lowest BCUT2D eigenvalue weighted by Gasteiger charge is -2.37. The number of nitrogens with zero attached hydrogens (tertiary/aromatic N) is 4. The summed E-state index contributed by atoms with van der Waals surface area (Å²) in [5, 5.41) is 14.6. The molecule has 1 N–H and O–H groups in total. The van der Waals surface area contributed by atoms with E-state index in [-0.39, 0.29) is 23.5 Å². The predicted octanol–water partition coefficient (Wildman–Crippen LogP) is 1.62. The van der Waals surface area contributed by atoms with Gasteiger partial charge in [-0.1, -0.05) is 0 Å². The van der Waals surface area contributed by atoms with Crippen LogP contribution in [0.5, 0.6) is 0 Å². The molecule has 3 fully saturated rings. The minimum absolute atomic E-state index is 0.00763. The molecule has 0 spiro atoms. The van der Waals surface area contributed by atoms with Crippen LogP contribution >= 0.6 is 0 Å². The first-order valence-electron chi connectivity index (χ1n) is 10.8. The third-order valence-electron chi connectivity index (χ3n) is 6.32. The van der Waals surface area contributed by atoms with Gasteiger partial charge in [-0.05, 0) is 44.7 Å². The highest BCUT2D eigenvalue weighted by molar-refractivity contribution is 5.96. The van der Waals surface area contributed by atoms with Crippen molar-refractivity contribution in [3.63, 3.8) is 0 Å². The van der Waals surface area contributed by atoms with Gasteiger partial charge >= 0.3 is 0 Å². The number of nitrogens with one attached hydrogen (secondary N) is 1. The van der Waals surface area contributed by atoms with Crippen molar-refractivity contribution >= 4 is 23.2 Å². The topological polar surface area (TPSA) is 99.0 Å². The fourth-order valence-corrected chi connectivity index (χ4v) is 4.24. The maximum Gasteiger partial charge on any atom is 0.293 e. The number of carbonyl (C=O) groups is 2. The van der Waals surface area contributed by atoms with Gasteiger partial charge in [0.2, 0.25) is 5.91 Å². The van der Waals surface area contributed by atoms with Crippen molar-refractivity contribution < 1.29 is 14.5 Å². The molecular weight excluding hydrogens is 386 g/mol. The Bertz CT molecular complexity index is 827. The Kier molecular flexibility index (Phi) is 5.90. The number of piperazine rings is 1. The molecule has 2 heterocycles. The predicted molar refractivity (Wildman–Crippen MR) is 113 cm³/mol. The molecule has 2 saturated heterocycles. The number of carbonyl (C=O) groups excluding carboxylic acids is 2. The maximum absolute atomic E-state index is 13.0. The maximum atomic E-state index is 13.0. The first-order chi connectivity index (χ1) is 14.4. The van der Waals surface area contributed by atoms with Crippen LogP contribution in [-0.4, -0.2) is 77.9 Å². The van der Waals surface area contributed by atoms with Gasteiger partial charge in [-0.2, -0.15) is 0 Å². The average Bonchev–Trinajstić information content (AvgIpc) is 3.40. The van der Waals surface area contributed by atoms with Gasteiger partial charge < -0.3 is 15.1 Å². The second kappa shape index (κ2) is 8.59. The highest BCUT2D eigenvalue weighted by Gasteiger charge is 2.32. The third kappa shape index (κ3) is 4.40. The zero-order valence-electron chi connectivity index (χ0n) is 17.4. The Morgan fingerprint density at radius 3 is 2.37 bits per heavy atom. The summed E-state index contributed by atoms with van der Waals surface area (Å²) in [7, 11) is 0. The van der Waals surface area contributed by atoms with E-state index in [9.17, 15) is 19.7 Å². The van der Waals surface area contributed by atoms with Crippen LogP contribution in [0.2, 0.25) is 0 Å². The van der Waals surface area contributed by atoms with E-state index >= 15 is 0 Å². The van der Waals surface area contributed by atoms with Gasteiger partial charge in [-0.25, -0.2) is 0 Å². The van der Waals surface area contributed by atoms with Crippen LogP contribution in [0.1, 0.15) is 43.0 Å². The van der Waals surface area contributed by atoms with Crippen LogP contribution in [0.15, 0.2) is 18.2 Å². The van der Waals surface area contributed by atoms with Crippen LogP contribution in [0.3, 0.4) is 0 Å². The fourth-order valence-electron chi connectivity index (χ4n) is 4.24. The Morgan fingerprint density at radius 1 is 1.10 bits per heavy atom. The number of anilines is 1. The highest BCUT2D eigenvalue weighted by atomic mass is 16.6. The molecule has 162 valence electrons. The van der Waals surface area contributed by atoms with E-state index in [1.807, 2.05) is 11.8 Å². The van der Waals surface area contributed by atoms with E-state index in [1.54, 1.807) is 17.0 Å². The van der Waals surface area contributed by atoms with Crippen LogP contribution in [0.4, 0.5) is 11.4 Å². The lowest BCUT2D eigenvalue weighted by Crippen LogP contribution is -2.55. The summed E-state index contributed by atoms with van der Waals surface area (Å²) < 4.78 is 0.